The number of ether oxygens (including phenoxy) is 2. The second kappa shape index (κ2) is 7.31. The second-order valence-electron chi connectivity index (χ2n) is 4.67. The Balaban J connectivity index is 1.90. The molecular weight excluding hydrogens is 284 g/mol. The van der Waals surface area contributed by atoms with Crippen LogP contribution < -0.4 is 20.2 Å². The molecule has 0 spiro atoms. The molecule has 6 heteroatoms. The Morgan fingerprint density at radius 1 is 1.27 bits per heavy atom. The lowest BCUT2D eigenvalue weighted by Gasteiger charge is -2.10. The molecule has 22 heavy (non-hydrogen) atoms. The summed E-state index contributed by atoms with van der Waals surface area (Å²) in [5.74, 6) is 0.558. The van der Waals surface area contributed by atoms with E-state index in [9.17, 15) is 9.59 Å². The number of carbonyl (C=O) groups excluding carboxylic acids is 1. The molecule has 0 saturated carbocycles. The highest BCUT2D eigenvalue weighted by Crippen LogP contribution is 2.16. The van der Waals surface area contributed by atoms with Crippen molar-refractivity contribution in [3.63, 3.8) is 0 Å². The van der Waals surface area contributed by atoms with Crippen molar-refractivity contribution in [2.24, 2.45) is 0 Å². The summed E-state index contributed by atoms with van der Waals surface area (Å²) in [6.07, 6.45) is 1.53. The predicted octanol–water partition coefficient (Wildman–Crippen LogP) is 1.39. The first-order valence-electron chi connectivity index (χ1n) is 6.81. The van der Waals surface area contributed by atoms with Crippen molar-refractivity contribution >= 4 is 5.91 Å². The van der Waals surface area contributed by atoms with Gasteiger partial charge in [0, 0.05) is 24.4 Å². The SMILES string of the molecule is COc1ccccc1CNC(=O)COc1c(C)[nH]ccc1=O. The molecule has 0 aliphatic rings. The first kappa shape index (κ1) is 15.6. The molecular formula is C16H18N2O4. The Labute approximate surface area is 128 Å². The monoisotopic (exact) mass is 302 g/mol. The van der Waals surface area contributed by atoms with E-state index in [0.29, 0.717) is 18.0 Å². The molecule has 0 bridgehead atoms. The fourth-order valence-electron chi connectivity index (χ4n) is 1.98. The molecule has 0 fully saturated rings. The zero-order valence-corrected chi connectivity index (χ0v) is 12.5. The summed E-state index contributed by atoms with van der Waals surface area (Å²) < 4.78 is 10.5. The molecule has 2 aromatic rings. The molecule has 0 radical (unpaired) electrons. The number of rotatable bonds is 6. The zero-order chi connectivity index (χ0) is 15.9. The van der Waals surface area contributed by atoms with Gasteiger partial charge in [-0.05, 0) is 13.0 Å². The number of carbonyl (C=O) groups is 1. The first-order chi connectivity index (χ1) is 10.6. The highest BCUT2D eigenvalue weighted by molar-refractivity contribution is 5.77. The molecule has 2 rings (SSSR count). The number of para-hydroxylation sites is 1. The van der Waals surface area contributed by atoms with Crippen LogP contribution in [0.5, 0.6) is 11.5 Å². The van der Waals surface area contributed by atoms with E-state index < -0.39 is 0 Å². The molecule has 0 atom stereocenters. The summed E-state index contributed by atoms with van der Waals surface area (Å²) in [6, 6.07) is 8.77. The maximum atomic E-state index is 11.8. The fraction of sp³-hybridized carbons (Fsp3) is 0.250. The average Bonchev–Trinajstić information content (AvgIpc) is 2.52. The quantitative estimate of drug-likeness (QED) is 0.845. The van der Waals surface area contributed by atoms with Crippen LogP contribution in [-0.4, -0.2) is 24.6 Å². The van der Waals surface area contributed by atoms with Crippen LogP contribution in [-0.2, 0) is 11.3 Å². The van der Waals surface area contributed by atoms with Crippen molar-refractivity contribution < 1.29 is 14.3 Å². The van der Waals surface area contributed by atoms with Crippen LogP contribution >= 0.6 is 0 Å². The zero-order valence-electron chi connectivity index (χ0n) is 12.5. The minimum Gasteiger partial charge on any atom is -0.496 e. The topological polar surface area (TPSA) is 80.4 Å². The molecule has 6 nitrogen and oxygen atoms in total. The lowest BCUT2D eigenvalue weighted by Crippen LogP contribution is -2.29. The van der Waals surface area contributed by atoms with Gasteiger partial charge in [0.15, 0.2) is 12.4 Å². The number of amides is 1. The lowest BCUT2D eigenvalue weighted by molar-refractivity contribution is -0.123. The van der Waals surface area contributed by atoms with Gasteiger partial charge in [0.2, 0.25) is 5.43 Å². The summed E-state index contributed by atoms with van der Waals surface area (Å²) in [5.41, 5.74) is 1.20. The third-order valence-electron chi connectivity index (χ3n) is 3.12. The molecule has 1 aromatic heterocycles. The number of aromatic amines is 1. The summed E-state index contributed by atoms with van der Waals surface area (Å²) >= 11 is 0. The molecule has 0 aliphatic carbocycles. The van der Waals surface area contributed by atoms with E-state index in [1.807, 2.05) is 24.3 Å². The summed E-state index contributed by atoms with van der Waals surface area (Å²) in [6.45, 7) is 1.82. The second-order valence-corrected chi connectivity index (χ2v) is 4.67. The summed E-state index contributed by atoms with van der Waals surface area (Å²) in [7, 11) is 1.58. The number of benzene rings is 1. The Morgan fingerprint density at radius 2 is 2.05 bits per heavy atom. The maximum absolute atomic E-state index is 11.8. The van der Waals surface area contributed by atoms with Crippen LogP contribution in [0.15, 0.2) is 41.3 Å². The molecule has 2 N–H and O–H groups in total. The van der Waals surface area contributed by atoms with Crippen LogP contribution in [0.2, 0.25) is 0 Å². The van der Waals surface area contributed by atoms with E-state index in [-0.39, 0.29) is 23.7 Å². The van der Waals surface area contributed by atoms with Gasteiger partial charge in [-0.25, -0.2) is 0 Å². The third kappa shape index (κ3) is 3.88. The molecule has 116 valence electrons. The third-order valence-corrected chi connectivity index (χ3v) is 3.12. The van der Waals surface area contributed by atoms with Crippen LogP contribution in [0.1, 0.15) is 11.3 Å². The predicted molar refractivity (Wildman–Crippen MR) is 82.1 cm³/mol. The number of aromatic nitrogens is 1. The lowest BCUT2D eigenvalue weighted by atomic mass is 10.2. The summed E-state index contributed by atoms with van der Waals surface area (Å²) in [4.78, 5) is 26.3. The minimum absolute atomic E-state index is 0.162. The molecule has 1 heterocycles. The molecule has 1 aromatic carbocycles. The van der Waals surface area contributed by atoms with Gasteiger partial charge >= 0.3 is 0 Å². The van der Waals surface area contributed by atoms with Crippen LogP contribution in [0.4, 0.5) is 0 Å². The van der Waals surface area contributed by atoms with Gasteiger partial charge in [0.25, 0.3) is 5.91 Å². The Hall–Kier alpha value is -2.76. The Kier molecular flexibility index (Phi) is 5.19. The number of H-pyrrole nitrogens is 1. The van der Waals surface area contributed by atoms with Crippen LogP contribution in [0, 0.1) is 6.92 Å². The average molecular weight is 302 g/mol. The number of methoxy groups -OCH3 is 1. The van der Waals surface area contributed by atoms with Gasteiger partial charge in [0.1, 0.15) is 5.75 Å². The largest absolute Gasteiger partial charge is 0.496 e. The van der Waals surface area contributed by atoms with Crippen molar-refractivity contribution in [3.8, 4) is 11.5 Å². The molecule has 0 unspecified atom stereocenters. The Bertz CT molecular complexity index is 709. The Morgan fingerprint density at radius 3 is 2.77 bits per heavy atom. The van der Waals surface area contributed by atoms with E-state index in [0.717, 1.165) is 5.56 Å². The van der Waals surface area contributed by atoms with Crippen LogP contribution in [0.25, 0.3) is 0 Å². The highest BCUT2D eigenvalue weighted by atomic mass is 16.5. The van der Waals surface area contributed by atoms with Crippen molar-refractivity contribution in [3.05, 3.63) is 58.0 Å². The molecule has 0 aliphatic heterocycles. The molecule has 1 amide bonds. The van der Waals surface area contributed by atoms with Crippen molar-refractivity contribution in [1.29, 1.82) is 0 Å². The number of aryl methyl sites for hydroxylation is 1. The maximum Gasteiger partial charge on any atom is 0.258 e. The van der Waals surface area contributed by atoms with Gasteiger partial charge in [-0.2, -0.15) is 0 Å². The fourth-order valence-corrected chi connectivity index (χ4v) is 1.98. The van der Waals surface area contributed by atoms with E-state index in [4.69, 9.17) is 9.47 Å². The van der Waals surface area contributed by atoms with E-state index in [2.05, 4.69) is 10.3 Å². The number of hydrogen-bond acceptors (Lipinski definition) is 4. The van der Waals surface area contributed by atoms with Crippen molar-refractivity contribution in [1.82, 2.24) is 10.3 Å². The van der Waals surface area contributed by atoms with Gasteiger partial charge in [-0.3, -0.25) is 9.59 Å². The van der Waals surface area contributed by atoms with E-state index in [1.54, 1.807) is 14.0 Å². The van der Waals surface area contributed by atoms with Gasteiger partial charge in [0.05, 0.1) is 12.8 Å². The summed E-state index contributed by atoms with van der Waals surface area (Å²) in [5, 5.41) is 2.73. The smallest absolute Gasteiger partial charge is 0.258 e. The minimum atomic E-state index is -0.312. The normalized spacial score (nSPS) is 10.1. The highest BCUT2D eigenvalue weighted by Gasteiger charge is 2.09. The van der Waals surface area contributed by atoms with Crippen molar-refractivity contribution in [2.45, 2.75) is 13.5 Å². The van der Waals surface area contributed by atoms with Gasteiger partial charge in [-0.1, -0.05) is 18.2 Å². The van der Waals surface area contributed by atoms with Crippen molar-refractivity contribution in [2.75, 3.05) is 13.7 Å². The first-order valence-corrected chi connectivity index (χ1v) is 6.81. The van der Waals surface area contributed by atoms with E-state index in [1.165, 1.54) is 12.3 Å². The number of nitrogens with one attached hydrogen (secondary N) is 2. The van der Waals surface area contributed by atoms with E-state index >= 15 is 0 Å². The number of pyridine rings is 1. The van der Waals surface area contributed by atoms with Gasteiger partial charge < -0.3 is 19.8 Å². The van der Waals surface area contributed by atoms with Gasteiger partial charge in [-0.15, -0.1) is 0 Å². The standard InChI is InChI=1S/C16H18N2O4/c1-11-16(13(19)7-8-17-11)22-10-15(20)18-9-12-5-3-4-6-14(12)21-2/h3-8H,9-10H2,1-2H3,(H,17,19)(H,18,20). The number of hydrogen-bond donors (Lipinski definition) is 2. The van der Waals surface area contributed by atoms with Crippen LogP contribution in [0.3, 0.4) is 0 Å². The molecule has 0 saturated heterocycles.